The molecule has 0 radical (unpaired) electrons. The fourth-order valence-electron chi connectivity index (χ4n) is 4.78. The molecule has 206 valence electrons. The second-order valence-electron chi connectivity index (χ2n) is 9.95. The van der Waals surface area contributed by atoms with E-state index in [-0.39, 0.29) is 6.10 Å². The summed E-state index contributed by atoms with van der Waals surface area (Å²) in [5.74, 6) is 0.714. The van der Waals surface area contributed by atoms with Crippen molar-refractivity contribution in [3.63, 3.8) is 0 Å². The fraction of sp³-hybridized carbons (Fsp3) is 0.517. The molecule has 0 saturated heterocycles. The first-order chi connectivity index (χ1) is 18.0. The smallest absolute Gasteiger partial charge is 0.221 e. The maximum absolute atomic E-state index is 6.58. The van der Waals surface area contributed by atoms with E-state index in [1.165, 1.54) is 11.3 Å². The van der Waals surface area contributed by atoms with Crippen molar-refractivity contribution < 1.29 is 4.74 Å². The number of nitrogens with one attached hydrogen (secondary N) is 1. The van der Waals surface area contributed by atoms with Crippen molar-refractivity contribution in [2.75, 3.05) is 6.54 Å². The molecule has 4 heterocycles. The van der Waals surface area contributed by atoms with Gasteiger partial charge in [0.25, 0.3) is 0 Å². The highest BCUT2D eigenvalue weighted by Gasteiger charge is 2.24. The van der Waals surface area contributed by atoms with Crippen molar-refractivity contribution in [2.45, 2.75) is 81.0 Å². The van der Waals surface area contributed by atoms with Crippen molar-refractivity contribution in [3.05, 3.63) is 46.7 Å². The molecule has 38 heavy (non-hydrogen) atoms. The topological polar surface area (TPSA) is 89.7 Å². The van der Waals surface area contributed by atoms with Gasteiger partial charge in [0.1, 0.15) is 11.6 Å². The van der Waals surface area contributed by atoms with E-state index in [2.05, 4.69) is 66.5 Å². The average Bonchev–Trinajstić information content (AvgIpc) is 3.48. The summed E-state index contributed by atoms with van der Waals surface area (Å²) in [6.07, 6.45) is 1.71. The first-order valence-corrected chi connectivity index (χ1v) is 13.4. The zero-order valence-corrected chi connectivity index (χ0v) is 25.0. The van der Waals surface area contributed by atoms with Crippen LogP contribution in [0.2, 0.25) is 0 Å². The lowest BCUT2D eigenvalue weighted by Crippen LogP contribution is -2.39. The molecule has 0 unspecified atom stereocenters. The molecule has 0 spiro atoms. The van der Waals surface area contributed by atoms with Gasteiger partial charge in [-0.2, -0.15) is 15.3 Å². The van der Waals surface area contributed by atoms with Gasteiger partial charge in [-0.05, 0) is 66.2 Å². The molecule has 0 aromatic carbocycles. The molecule has 0 aliphatic rings. The van der Waals surface area contributed by atoms with Crippen LogP contribution in [0.1, 0.15) is 68.7 Å². The zero-order chi connectivity index (χ0) is 28.3. The summed E-state index contributed by atoms with van der Waals surface area (Å²) in [7, 11) is 3.93. The zero-order valence-electron chi connectivity index (χ0n) is 25.0. The van der Waals surface area contributed by atoms with Crippen LogP contribution < -0.4 is 4.74 Å². The van der Waals surface area contributed by atoms with Crippen molar-refractivity contribution in [2.24, 2.45) is 14.1 Å². The Hall–Kier alpha value is -3.46. The number of hydrogen-bond acceptors (Lipinski definition) is 6. The van der Waals surface area contributed by atoms with Crippen molar-refractivity contribution in [1.29, 1.82) is 0 Å². The van der Waals surface area contributed by atoms with E-state index >= 15 is 0 Å². The van der Waals surface area contributed by atoms with Crippen LogP contribution in [0.4, 0.5) is 0 Å². The summed E-state index contributed by atoms with van der Waals surface area (Å²) in [5, 5.41) is 17.7. The van der Waals surface area contributed by atoms with Gasteiger partial charge in [-0.3, -0.25) is 19.7 Å². The summed E-state index contributed by atoms with van der Waals surface area (Å²) in [5.41, 5.74) is 8.72. The van der Waals surface area contributed by atoms with Gasteiger partial charge in [0, 0.05) is 38.6 Å². The molecule has 9 nitrogen and oxygen atoms in total. The van der Waals surface area contributed by atoms with Gasteiger partial charge >= 0.3 is 0 Å². The molecule has 4 aromatic heterocycles. The Morgan fingerprint density at radius 1 is 1.03 bits per heavy atom. The number of ether oxygens (including phenoxy) is 1. The molecule has 0 aliphatic carbocycles. The summed E-state index contributed by atoms with van der Waals surface area (Å²) in [6, 6.07) is 2.39. The minimum atomic E-state index is -0.0712. The number of aromatic amines is 1. The van der Waals surface area contributed by atoms with E-state index in [9.17, 15) is 0 Å². The third kappa shape index (κ3) is 5.67. The van der Waals surface area contributed by atoms with Crippen LogP contribution in [0.15, 0.2) is 12.6 Å². The lowest BCUT2D eigenvalue weighted by molar-refractivity contribution is 0.110. The van der Waals surface area contributed by atoms with Crippen LogP contribution in [-0.2, 0) is 20.6 Å². The van der Waals surface area contributed by atoms with E-state index < -0.39 is 0 Å². The Kier molecular flexibility index (Phi) is 9.14. The average molecular weight is 521 g/mol. The van der Waals surface area contributed by atoms with Gasteiger partial charge in [0.05, 0.1) is 39.7 Å². The third-order valence-electron chi connectivity index (χ3n) is 6.93. The van der Waals surface area contributed by atoms with Crippen LogP contribution in [0.3, 0.4) is 0 Å². The molecule has 0 bridgehead atoms. The van der Waals surface area contributed by atoms with E-state index in [4.69, 9.17) is 9.72 Å². The monoisotopic (exact) mass is 520 g/mol. The number of H-pyrrole nitrogens is 1. The molecule has 0 saturated carbocycles. The lowest BCUT2D eigenvalue weighted by atomic mass is 10.1. The van der Waals surface area contributed by atoms with Crippen molar-refractivity contribution in [1.82, 2.24) is 39.6 Å². The largest absolute Gasteiger partial charge is 0.473 e. The van der Waals surface area contributed by atoms with Crippen LogP contribution in [0, 0.1) is 27.7 Å². The fourth-order valence-corrected chi connectivity index (χ4v) is 4.78. The summed E-state index contributed by atoms with van der Waals surface area (Å²) in [4.78, 5) is 7.28. The summed E-state index contributed by atoms with van der Waals surface area (Å²) in [6.45, 7) is 24.2. The predicted molar refractivity (Wildman–Crippen MR) is 155 cm³/mol. The third-order valence-corrected chi connectivity index (χ3v) is 6.93. The van der Waals surface area contributed by atoms with Gasteiger partial charge < -0.3 is 4.74 Å². The molecule has 1 atom stereocenters. The van der Waals surface area contributed by atoms with Crippen LogP contribution in [0.5, 0.6) is 5.88 Å². The second-order valence-corrected chi connectivity index (χ2v) is 9.95. The molecular weight excluding hydrogens is 476 g/mol. The van der Waals surface area contributed by atoms with Gasteiger partial charge in [-0.25, -0.2) is 4.68 Å². The van der Waals surface area contributed by atoms with Gasteiger partial charge in [-0.15, -0.1) is 0 Å². The van der Waals surface area contributed by atoms with Gasteiger partial charge in [0.2, 0.25) is 5.88 Å². The number of nitrogens with zero attached hydrogens (tertiary/aromatic N) is 7. The lowest BCUT2D eigenvalue weighted by Gasteiger charge is -2.30. The van der Waals surface area contributed by atoms with E-state index in [0.717, 1.165) is 58.0 Å². The predicted octanol–water partition coefficient (Wildman–Crippen LogP) is 5.67. The van der Waals surface area contributed by atoms with E-state index in [1.807, 2.05) is 52.5 Å². The van der Waals surface area contributed by atoms with Crippen LogP contribution in [-0.4, -0.2) is 58.3 Å². The summed E-state index contributed by atoms with van der Waals surface area (Å²) >= 11 is 0. The quantitative estimate of drug-likeness (QED) is 0.306. The minimum Gasteiger partial charge on any atom is -0.473 e. The summed E-state index contributed by atoms with van der Waals surface area (Å²) < 4.78 is 10.4. The maximum Gasteiger partial charge on any atom is 0.221 e. The van der Waals surface area contributed by atoms with Crippen LogP contribution >= 0.6 is 0 Å². The van der Waals surface area contributed by atoms with E-state index in [0.29, 0.717) is 11.9 Å². The Balaban J connectivity index is 0.00000195. The number of rotatable bonds is 9. The Bertz CT molecular complexity index is 1410. The van der Waals surface area contributed by atoms with Crippen LogP contribution in [0.25, 0.3) is 28.2 Å². The highest BCUT2D eigenvalue weighted by Crippen LogP contribution is 2.35. The number of aromatic nitrogens is 7. The first kappa shape index (κ1) is 29.1. The van der Waals surface area contributed by atoms with E-state index in [1.54, 1.807) is 10.8 Å². The number of pyridine rings is 1. The molecule has 0 fully saturated rings. The molecule has 0 aliphatic heterocycles. The SMILES string of the molecule is C=Cc1[nH]nc2c(C)nc(-c3c(C)nn(C)c3O[C@@H](C)CN(Cc3c(C)c(C)nn3C)C(C)C)cc12.CC. The van der Waals surface area contributed by atoms with Crippen molar-refractivity contribution in [3.8, 4) is 17.1 Å². The van der Waals surface area contributed by atoms with Gasteiger partial charge in [-0.1, -0.05) is 20.4 Å². The maximum atomic E-state index is 6.58. The number of fused-ring (bicyclic) bond motifs is 1. The molecule has 4 rings (SSSR count). The first-order valence-electron chi connectivity index (χ1n) is 13.4. The standard InChI is InChI=1S/C27H38N8O.C2H6/c1-11-22-21-12-23(28-20(8)26(21)30-29-22)25-19(7)32-34(10)27(25)36-16(4)13-35(15(2)3)14-24-17(5)18(6)31-33(24)9;1-2/h11-12,15-16H,1,13-14H2,2-10H3,(H,29,30);1-2H3/t16-;/m0./s1. The van der Waals surface area contributed by atoms with Gasteiger partial charge in [0.15, 0.2) is 0 Å². The Labute approximate surface area is 226 Å². The number of aryl methyl sites for hydroxylation is 5. The molecular formula is C29H44N8O. The highest BCUT2D eigenvalue weighted by molar-refractivity contribution is 5.91. The number of hydrogen-bond donors (Lipinski definition) is 1. The Morgan fingerprint density at radius 3 is 2.26 bits per heavy atom. The molecule has 0 amide bonds. The molecule has 1 N–H and O–H groups in total. The second kappa shape index (κ2) is 11.9. The molecule has 4 aromatic rings. The normalized spacial score (nSPS) is 12.2. The molecule has 9 heteroatoms. The minimum absolute atomic E-state index is 0.0712. The highest BCUT2D eigenvalue weighted by atomic mass is 16.5. The Morgan fingerprint density at radius 2 is 1.68 bits per heavy atom. The van der Waals surface area contributed by atoms with Crippen molar-refractivity contribution >= 4 is 17.0 Å².